The van der Waals surface area contributed by atoms with Crippen LogP contribution in [0, 0.1) is 5.92 Å². The van der Waals surface area contributed by atoms with Gasteiger partial charge in [0.15, 0.2) is 0 Å². The quantitative estimate of drug-likeness (QED) is 0.573. The predicted molar refractivity (Wildman–Crippen MR) is 39.2 cm³/mol. The highest BCUT2D eigenvalue weighted by atomic mass is 32.2. The van der Waals surface area contributed by atoms with Crippen molar-refractivity contribution in [2.24, 2.45) is 11.7 Å². The van der Waals surface area contributed by atoms with Gasteiger partial charge in [-0.1, -0.05) is 13.8 Å². The van der Waals surface area contributed by atoms with Gasteiger partial charge >= 0.3 is 0 Å². The lowest BCUT2D eigenvalue weighted by Gasteiger charge is -2.14. The maximum absolute atomic E-state index is 10.5. The van der Waals surface area contributed by atoms with Gasteiger partial charge in [0.05, 0.1) is 0 Å². The van der Waals surface area contributed by atoms with E-state index in [-0.39, 0.29) is 12.5 Å². The first-order valence-electron chi connectivity index (χ1n) is 3.06. The van der Waals surface area contributed by atoms with Gasteiger partial charge < -0.3 is 5.73 Å². The van der Waals surface area contributed by atoms with E-state index in [1.54, 1.807) is 13.8 Å². The van der Waals surface area contributed by atoms with E-state index in [0.29, 0.717) is 0 Å². The third-order valence-corrected chi connectivity index (χ3v) is 2.86. The highest BCUT2D eigenvalue weighted by Gasteiger charge is 2.24. The van der Waals surface area contributed by atoms with Crippen molar-refractivity contribution in [3.8, 4) is 0 Å². The van der Waals surface area contributed by atoms with Gasteiger partial charge in [-0.25, -0.2) is 0 Å². The third-order valence-electron chi connectivity index (χ3n) is 1.36. The first-order chi connectivity index (χ1) is 4.39. The lowest BCUT2D eigenvalue weighted by Crippen LogP contribution is -2.33. The third kappa shape index (κ3) is 2.64. The van der Waals surface area contributed by atoms with Gasteiger partial charge in [0, 0.05) is 6.54 Å². The lowest BCUT2D eigenvalue weighted by molar-refractivity contribution is 0.443. The predicted octanol–water partition coefficient (Wildman–Crippen LogP) is -0.142. The second kappa shape index (κ2) is 3.32. The molecule has 5 heteroatoms. The van der Waals surface area contributed by atoms with E-state index in [1.165, 1.54) is 0 Å². The molecule has 1 atom stereocenters. The summed E-state index contributed by atoms with van der Waals surface area (Å²) in [4.78, 5) is 0. The average molecular weight is 167 g/mol. The van der Waals surface area contributed by atoms with Gasteiger partial charge in [0.2, 0.25) is 0 Å². The summed E-state index contributed by atoms with van der Waals surface area (Å²) in [5, 5.41) is -0.826. The molecule has 0 aromatic rings. The van der Waals surface area contributed by atoms with E-state index in [4.69, 9.17) is 10.3 Å². The Morgan fingerprint density at radius 1 is 1.50 bits per heavy atom. The van der Waals surface area contributed by atoms with Crippen molar-refractivity contribution in [1.82, 2.24) is 0 Å². The minimum atomic E-state index is -3.94. The molecule has 0 radical (unpaired) electrons. The van der Waals surface area contributed by atoms with Crippen LogP contribution in [0.5, 0.6) is 0 Å². The Labute approximate surface area is 61.2 Å². The fourth-order valence-corrected chi connectivity index (χ4v) is 1.67. The molecule has 62 valence electrons. The minimum absolute atomic E-state index is 0.0312. The Kier molecular flexibility index (Phi) is 3.27. The van der Waals surface area contributed by atoms with Crippen molar-refractivity contribution in [2.75, 3.05) is 6.54 Å². The fourth-order valence-electron chi connectivity index (χ4n) is 0.738. The SMILES string of the molecule is CC(C)C(CN)S(=O)(=O)O. The van der Waals surface area contributed by atoms with Crippen molar-refractivity contribution in [3.63, 3.8) is 0 Å². The summed E-state index contributed by atoms with van der Waals surface area (Å²) in [6.07, 6.45) is 0. The van der Waals surface area contributed by atoms with Crippen molar-refractivity contribution >= 4 is 10.1 Å². The molecule has 0 amide bonds. The summed E-state index contributed by atoms with van der Waals surface area (Å²) < 4.78 is 29.5. The molecule has 0 aromatic heterocycles. The van der Waals surface area contributed by atoms with Crippen LogP contribution in [0.25, 0.3) is 0 Å². The first-order valence-corrected chi connectivity index (χ1v) is 4.56. The van der Waals surface area contributed by atoms with E-state index in [1.807, 2.05) is 0 Å². The smallest absolute Gasteiger partial charge is 0.269 e. The van der Waals surface area contributed by atoms with Gasteiger partial charge in [-0.05, 0) is 5.92 Å². The molecule has 0 saturated heterocycles. The Morgan fingerprint density at radius 2 is 1.90 bits per heavy atom. The highest BCUT2D eigenvalue weighted by Crippen LogP contribution is 2.08. The standard InChI is InChI=1S/C5H13NO3S/c1-4(2)5(3-6)10(7,8)9/h4-5H,3,6H2,1-2H3,(H,7,8,9). The van der Waals surface area contributed by atoms with Crippen molar-refractivity contribution in [1.29, 1.82) is 0 Å². The van der Waals surface area contributed by atoms with E-state index >= 15 is 0 Å². The average Bonchev–Trinajstić information content (AvgIpc) is 1.60. The molecule has 3 N–H and O–H groups in total. The molecule has 0 saturated carbocycles. The van der Waals surface area contributed by atoms with Crippen LogP contribution in [0.15, 0.2) is 0 Å². The molecular formula is C5H13NO3S. The van der Waals surface area contributed by atoms with Crippen molar-refractivity contribution in [2.45, 2.75) is 19.1 Å². The Bertz CT molecular complexity index is 185. The van der Waals surface area contributed by atoms with Gasteiger partial charge in [-0.3, -0.25) is 4.55 Å². The normalized spacial score (nSPS) is 15.7. The lowest BCUT2D eigenvalue weighted by atomic mass is 10.1. The molecule has 0 aliphatic rings. The molecule has 0 heterocycles. The van der Waals surface area contributed by atoms with Gasteiger partial charge in [-0.15, -0.1) is 0 Å². The van der Waals surface area contributed by atoms with E-state index in [9.17, 15) is 8.42 Å². The highest BCUT2D eigenvalue weighted by molar-refractivity contribution is 7.86. The van der Waals surface area contributed by atoms with Gasteiger partial charge in [0.25, 0.3) is 10.1 Å². The second-order valence-corrected chi connectivity index (χ2v) is 4.17. The monoisotopic (exact) mass is 167 g/mol. The zero-order chi connectivity index (χ0) is 8.36. The summed E-state index contributed by atoms with van der Waals surface area (Å²) in [5.74, 6) is -0.139. The maximum atomic E-state index is 10.5. The molecule has 0 aliphatic heterocycles. The number of hydrogen-bond acceptors (Lipinski definition) is 3. The zero-order valence-corrected chi connectivity index (χ0v) is 6.93. The van der Waals surface area contributed by atoms with Crippen LogP contribution >= 0.6 is 0 Å². The Hall–Kier alpha value is -0.130. The molecule has 0 spiro atoms. The van der Waals surface area contributed by atoms with E-state index in [2.05, 4.69) is 0 Å². The van der Waals surface area contributed by atoms with E-state index in [0.717, 1.165) is 0 Å². The van der Waals surface area contributed by atoms with Crippen molar-refractivity contribution in [3.05, 3.63) is 0 Å². The maximum Gasteiger partial charge on any atom is 0.269 e. The molecule has 1 unspecified atom stereocenters. The molecule has 0 aromatic carbocycles. The number of hydrogen-bond donors (Lipinski definition) is 2. The molecule has 0 aliphatic carbocycles. The molecule has 4 nitrogen and oxygen atoms in total. The largest absolute Gasteiger partial charge is 0.329 e. The van der Waals surface area contributed by atoms with Crippen molar-refractivity contribution < 1.29 is 13.0 Å². The summed E-state index contributed by atoms with van der Waals surface area (Å²) >= 11 is 0. The number of nitrogens with two attached hydrogens (primary N) is 1. The fraction of sp³-hybridized carbons (Fsp3) is 1.00. The van der Waals surface area contributed by atoms with Crippen LogP contribution in [0.2, 0.25) is 0 Å². The Balaban J connectivity index is 4.38. The molecule has 0 fully saturated rings. The second-order valence-electron chi connectivity index (χ2n) is 2.53. The molecular weight excluding hydrogens is 154 g/mol. The molecule has 10 heavy (non-hydrogen) atoms. The van der Waals surface area contributed by atoms with Crippen LogP contribution in [0.1, 0.15) is 13.8 Å². The summed E-state index contributed by atoms with van der Waals surface area (Å²) in [5.41, 5.74) is 5.12. The van der Waals surface area contributed by atoms with Crippen LogP contribution in [-0.2, 0) is 10.1 Å². The van der Waals surface area contributed by atoms with E-state index < -0.39 is 15.4 Å². The topological polar surface area (TPSA) is 80.4 Å². The Morgan fingerprint density at radius 3 is 1.90 bits per heavy atom. The minimum Gasteiger partial charge on any atom is -0.329 e. The molecule has 0 rings (SSSR count). The zero-order valence-electron chi connectivity index (χ0n) is 6.11. The van der Waals surface area contributed by atoms with Gasteiger partial charge in [-0.2, -0.15) is 8.42 Å². The first kappa shape index (κ1) is 9.87. The summed E-state index contributed by atoms with van der Waals surface area (Å²) in [6, 6.07) is 0. The van der Waals surface area contributed by atoms with Crippen LogP contribution in [0.4, 0.5) is 0 Å². The van der Waals surface area contributed by atoms with Crippen LogP contribution in [0.3, 0.4) is 0 Å². The summed E-state index contributed by atoms with van der Waals surface area (Å²) in [7, 11) is -3.94. The molecule has 0 bridgehead atoms. The van der Waals surface area contributed by atoms with Gasteiger partial charge in [0.1, 0.15) is 5.25 Å². The van der Waals surface area contributed by atoms with Crippen LogP contribution < -0.4 is 5.73 Å². The van der Waals surface area contributed by atoms with Crippen LogP contribution in [-0.4, -0.2) is 24.8 Å². The summed E-state index contributed by atoms with van der Waals surface area (Å²) in [6.45, 7) is 3.37. The number of rotatable bonds is 3.